The number of carbonyl (C=O) groups is 1. The molecule has 0 aromatic heterocycles. The molecule has 2 unspecified atom stereocenters. The molecule has 0 radical (unpaired) electrons. The summed E-state index contributed by atoms with van der Waals surface area (Å²) in [7, 11) is 0. The Balaban J connectivity index is 2.20. The van der Waals surface area contributed by atoms with E-state index in [2.05, 4.69) is 0 Å². The monoisotopic (exact) mass is 276 g/mol. The minimum absolute atomic E-state index is 0.219. The molecule has 0 bridgehead atoms. The number of hydrogen-bond acceptors (Lipinski definition) is 1. The lowest BCUT2D eigenvalue weighted by molar-refractivity contribution is -0.142. The third kappa shape index (κ3) is 2.19. The standard InChI is InChI=1S/C19H16O2/c20-18(21)19(16-11-5-2-6-12-16)14-8-7-13-17(19)15-9-3-1-4-10-15/h1-14,17H,(H,20,21). The lowest BCUT2D eigenvalue weighted by Crippen LogP contribution is -2.40. The minimum Gasteiger partial charge on any atom is -0.480 e. The van der Waals surface area contributed by atoms with Crippen LogP contribution in [0.25, 0.3) is 0 Å². The summed E-state index contributed by atoms with van der Waals surface area (Å²) >= 11 is 0. The molecule has 21 heavy (non-hydrogen) atoms. The molecule has 1 aliphatic carbocycles. The van der Waals surface area contributed by atoms with Gasteiger partial charge in [-0.3, -0.25) is 4.79 Å². The molecule has 0 heterocycles. The maximum atomic E-state index is 12.2. The summed E-state index contributed by atoms with van der Waals surface area (Å²) in [6.45, 7) is 0. The van der Waals surface area contributed by atoms with E-state index in [1.807, 2.05) is 78.9 Å². The summed E-state index contributed by atoms with van der Waals surface area (Å²) < 4.78 is 0. The van der Waals surface area contributed by atoms with Gasteiger partial charge in [-0.2, -0.15) is 0 Å². The quantitative estimate of drug-likeness (QED) is 0.922. The zero-order valence-corrected chi connectivity index (χ0v) is 11.5. The number of rotatable bonds is 3. The third-order valence-corrected chi connectivity index (χ3v) is 4.03. The Bertz CT molecular complexity index is 686. The molecule has 0 saturated carbocycles. The fourth-order valence-electron chi connectivity index (χ4n) is 2.99. The molecule has 2 atom stereocenters. The van der Waals surface area contributed by atoms with Gasteiger partial charge < -0.3 is 5.11 Å². The van der Waals surface area contributed by atoms with Crippen molar-refractivity contribution in [2.24, 2.45) is 0 Å². The molecule has 0 amide bonds. The predicted molar refractivity (Wildman–Crippen MR) is 83.2 cm³/mol. The van der Waals surface area contributed by atoms with Gasteiger partial charge in [-0.05, 0) is 11.1 Å². The third-order valence-electron chi connectivity index (χ3n) is 4.03. The average Bonchev–Trinajstić information content (AvgIpc) is 2.56. The van der Waals surface area contributed by atoms with E-state index in [0.29, 0.717) is 0 Å². The van der Waals surface area contributed by atoms with Crippen molar-refractivity contribution in [3.63, 3.8) is 0 Å². The number of carboxylic acid groups (broad SMARTS) is 1. The highest BCUT2D eigenvalue weighted by molar-refractivity contribution is 5.87. The second kappa shape index (κ2) is 5.41. The lowest BCUT2D eigenvalue weighted by atomic mass is 9.65. The molecule has 2 nitrogen and oxygen atoms in total. The van der Waals surface area contributed by atoms with Crippen LogP contribution in [0.4, 0.5) is 0 Å². The smallest absolute Gasteiger partial charge is 0.318 e. The van der Waals surface area contributed by atoms with Gasteiger partial charge >= 0.3 is 5.97 Å². The normalized spacial score (nSPS) is 23.9. The van der Waals surface area contributed by atoms with Crippen LogP contribution in [0.1, 0.15) is 17.0 Å². The first kappa shape index (κ1) is 13.4. The summed E-state index contributed by atoms with van der Waals surface area (Å²) in [5.74, 6) is -1.05. The van der Waals surface area contributed by atoms with E-state index in [-0.39, 0.29) is 5.92 Å². The molecule has 0 spiro atoms. The molecule has 104 valence electrons. The molecule has 2 heteroatoms. The topological polar surface area (TPSA) is 37.3 Å². The number of carboxylic acids is 1. The number of allylic oxidation sites excluding steroid dienone is 3. The Morgan fingerprint density at radius 2 is 1.52 bits per heavy atom. The van der Waals surface area contributed by atoms with Crippen LogP contribution < -0.4 is 0 Å². The van der Waals surface area contributed by atoms with E-state index in [0.717, 1.165) is 11.1 Å². The summed E-state index contributed by atoms with van der Waals surface area (Å²) in [6, 6.07) is 19.2. The van der Waals surface area contributed by atoms with E-state index < -0.39 is 11.4 Å². The number of benzene rings is 2. The van der Waals surface area contributed by atoms with Crippen LogP contribution in [0.2, 0.25) is 0 Å². The van der Waals surface area contributed by atoms with Crippen molar-refractivity contribution in [1.29, 1.82) is 0 Å². The van der Waals surface area contributed by atoms with Crippen molar-refractivity contribution >= 4 is 5.97 Å². The maximum Gasteiger partial charge on any atom is 0.318 e. The zero-order chi connectivity index (χ0) is 14.7. The van der Waals surface area contributed by atoms with Gasteiger partial charge in [0.15, 0.2) is 0 Å². The second-order valence-corrected chi connectivity index (χ2v) is 5.17. The summed E-state index contributed by atoms with van der Waals surface area (Å²) in [5, 5.41) is 9.99. The van der Waals surface area contributed by atoms with Gasteiger partial charge in [-0.1, -0.05) is 85.0 Å². The predicted octanol–water partition coefficient (Wildman–Crippen LogP) is 3.92. The maximum absolute atomic E-state index is 12.2. The minimum atomic E-state index is -1.06. The van der Waals surface area contributed by atoms with E-state index in [4.69, 9.17) is 0 Å². The summed E-state index contributed by atoms with van der Waals surface area (Å²) in [4.78, 5) is 12.2. The van der Waals surface area contributed by atoms with Crippen molar-refractivity contribution in [1.82, 2.24) is 0 Å². The Morgan fingerprint density at radius 3 is 2.14 bits per heavy atom. The highest BCUT2D eigenvalue weighted by Gasteiger charge is 2.45. The van der Waals surface area contributed by atoms with E-state index in [1.165, 1.54) is 0 Å². The molecule has 1 aliphatic rings. The van der Waals surface area contributed by atoms with Crippen LogP contribution in [0.3, 0.4) is 0 Å². The van der Waals surface area contributed by atoms with Crippen LogP contribution in [0.5, 0.6) is 0 Å². The van der Waals surface area contributed by atoms with Crippen molar-refractivity contribution in [2.75, 3.05) is 0 Å². The van der Waals surface area contributed by atoms with Gasteiger partial charge in [0.1, 0.15) is 5.41 Å². The van der Waals surface area contributed by atoms with E-state index in [9.17, 15) is 9.90 Å². The number of hydrogen-bond donors (Lipinski definition) is 1. The first-order valence-corrected chi connectivity index (χ1v) is 6.95. The largest absolute Gasteiger partial charge is 0.480 e. The fraction of sp³-hybridized carbons (Fsp3) is 0.105. The van der Waals surface area contributed by atoms with Crippen LogP contribution in [0, 0.1) is 0 Å². The SMILES string of the molecule is O=C(O)C1(c2ccccc2)C=CC=CC1c1ccccc1. The molecular weight excluding hydrogens is 260 g/mol. The van der Waals surface area contributed by atoms with Crippen molar-refractivity contribution < 1.29 is 9.90 Å². The summed E-state index contributed by atoms with van der Waals surface area (Å²) in [6.07, 6.45) is 7.50. The first-order valence-electron chi connectivity index (χ1n) is 6.95. The summed E-state index contributed by atoms with van der Waals surface area (Å²) in [5.41, 5.74) is 0.744. The Kier molecular flexibility index (Phi) is 3.44. The Morgan fingerprint density at radius 1 is 0.905 bits per heavy atom. The van der Waals surface area contributed by atoms with Crippen molar-refractivity contribution in [2.45, 2.75) is 11.3 Å². The highest BCUT2D eigenvalue weighted by Crippen LogP contribution is 2.43. The van der Waals surface area contributed by atoms with Crippen molar-refractivity contribution in [3.05, 3.63) is 96.1 Å². The highest BCUT2D eigenvalue weighted by atomic mass is 16.4. The van der Waals surface area contributed by atoms with Crippen LogP contribution in [-0.4, -0.2) is 11.1 Å². The van der Waals surface area contributed by atoms with Crippen LogP contribution in [-0.2, 0) is 10.2 Å². The van der Waals surface area contributed by atoms with Gasteiger partial charge in [-0.25, -0.2) is 0 Å². The average molecular weight is 276 g/mol. The molecule has 2 aromatic rings. The first-order chi connectivity index (χ1) is 10.2. The second-order valence-electron chi connectivity index (χ2n) is 5.17. The van der Waals surface area contributed by atoms with Gasteiger partial charge in [-0.15, -0.1) is 0 Å². The molecule has 3 rings (SSSR count). The molecular formula is C19H16O2. The molecule has 0 fully saturated rings. The lowest BCUT2D eigenvalue weighted by Gasteiger charge is -2.35. The van der Waals surface area contributed by atoms with Crippen molar-refractivity contribution in [3.8, 4) is 0 Å². The molecule has 1 N–H and O–H groups in total. The van der Waals surface area contributed by atoms with Gasteiger partial charge in [0, 0.05) is 5.92 Å². The van der Waals surface area contributed by atoms with Gasteiger partial charge in [0.05, 0.1) is 0 Å². The van der Waals surface area contributed by atoms with E-state index >= 15 is 0 Å². The molecule has 0 saturated heterocycles. The molecule has 0 aliphatic heterocycles. The Labute approximate surface area is 124 Å². The van der Waals surface area contributed by atoms with Gasteiger partial charge in [0.2, 0.25) is 0 Å². The van der Waals surface area contributed by atoms with E-state index in [1.54, 1.807) is 6.08 Å². The van der Waals surface area contributed by atoms with Crippen LogP contribution in [0.15, 0.2) is 85.0 Å². The zero-order valence-electron chi connectivity index (χ0n) is 11.5. The number of aliphatic carboxylic acids is 1. The fourth-order valence-corrected chi connectivity index (χ4v) is 2.99. The van der Waals surface area contributed by atoms with Gasteiger partial charge in [0.25, 0.3) is 0 Å². The van der Waals surface area contributed by atoms with Crippen LogP contribution >= 0.6 is 0 Å². The molecule has 2 aromatic carbocycles. The Hall–Kier alpha value is -2.61.